The maximum Gasteiger partial charge on any atom is 0.161 e. The number of anilines is 1. The van der Waals surface area contributed by atoms with Gasteiger partial charge in [-0.3, -0.25) is 0 Å². The fraction of sp³-hybridized carbons (Fsp3) is 0.192. The molecular formula is C26H26N2O3. The van der Waals surface area contributed by atoms with Crippen molar-refractivity contribution in [1.82, 2.24) is 4.98 Å². The summed E-state index contributed by atoms with van der Waals surface area (Å²) >= 11 is 0. The largest absolute Gasteiger partial charge is 0.497 e. The lowest BCUT2D eigenvalue weighted by molar-refractivity contribution is 0.354. The van der Waals surface area contributed by atoms with E-state index in [9.17, 15) is 0 Å². The highest BCUT2D eigenvalue weighted by Gasteiger charge is 2.14. The number of methoxy groups -OCH3 is 3. The van der Waals surface area contributed by atoms with Gasteiger partial charge in [-0.15, -0.1) is 0 Å². The monoisotopic (exact) mass is 414 g/mol. The Balaban J connectivity index is 1.75. The summed E-state index contributed by atoms with van der Waals surface area (Å²) in [5.74, 6) is 3.08. The van der Waals surface area contributed by atoms with Gasteiger partial charge in [-0.05, 0) is 53.8 Å². The Kier molecular flexibility index (Phi) is 5.94. The molecule has 0 atom stereocenters. The molecule has 0 unspecified atom stereocenters. The maximum absolute atomic E-state index is 5.50. The zero-order valence-electron chi connectivity index (χ0n) is 18.2. The fourth-order valence-electron chi connectivity index (χ4n) is 3.82. The molecule has 3 aromatic carbocycles. The highest BCUT2D eigenvalue weighted by atomic mass is 16.5. The number of nitrogens with zero attached hydrogens (tertiary/aromatic N) is 1. The molecule has 158 valence electrons. The third-order valence-electron chi connectivity index (χ3n) is 5.36. The molecule has 0 aliphatic heterocycles. The average molecular weight is 415 g/mol. The van der Waals surface area contributed by atoms with Crippen molar-refractivity contribution < 1.29 is 14.2 Å². The Labute approximate surface area is 182 Å². The van der Waals surface area contributed by atoms with Crippen molar-refractivity contribution in [1.29, 1.82) is 0 Å². The standard InChI is InChI=1S/C26H26N2O3/c1-17-25(19-8-6-5-7-9-19)22-15-20(29-2)11-12-21(22)26(28-17)27-16-18-10-13-23(30-3)24(14-18)31-4/h5-15H,16H2,1-4H3,(H,27,28). The predicted octanol–water partition coefficient (Wildman–Crippen LogP) is 5.85. The lowest BCUT2D eigenvalue weighted by atomic mass is 9.97. The molecule has 0 spiro atoms. The molecule has 0 bridgehead atoms. The molecule has 0 radical (unpaired) electrons. The second kappa shape index (κ2) is 8.96. The molecule has 1 aromatic heterocycles. The number of nitrogens with one attached hydrogen (secondary N) is 1. The molecular weight excluding hydrogens is 388 g/mol. The topological polar surface area (TPSA) is 52.6 Å². The van der Waals surface area contributed by atoms with Gasteiger partial charge in [0, 0.05) is 23.2 Å². The summed E-state index contributed by atoms with van der Waals surface area (Å²) in [6, 6.07) is 22.3. The minimum Gasteiger partial charge on any atom is -0.497 e. The Bertz CT molecular complexity index is 1210. The van der Waals surface area contributed by atoms with E-state index in [2.05, 4.69) is 29.6 Å². The molecule has 31 heavy (non-hydrogen) atoms. The smallest absolute Gasteiger partial charge is 0.161 e. The van der Waals surface area contributed by atoms with E-state index in [0.29, 0.717) is 18.0 Å². The van der Waals surface area contributed by atoms with Crippen LogP contribution >= 0.6 is 0 Å². The second-order valence-corrected chi connectivity index (χ2v) is 7.24. The van der Waals surface area contributed by atoms with Gasteiger partial charge in [0.15, 0.2) is 11.5 Å². The van der Waals surface area contributed by atoms with Crippen molar-refractivity contribution >= 4 is 16.6 Å². The van der Waals surface area contributed by atoms with Crippen molar-refractivity contribution in [3.63, 3.8) is 0 Å². The van der Waals surface area contributed by atoms with Gasteiger partial charge < -0.3 is 19.5 Å². The summed E-state index contributed by atoms with van der Waals surface area (Å²) in [7, 11) is 4.97. The molecule has 0 fully saturated rings. The number of hydrogen-bond donors (Lipinski definition) is 1. The molecule has 5 heteroatoms. The molecule has 0 aliphatic carbocycles. The van der Waals surface area contributed by atoms with Crippen molar-refractivity contribution in [3.05, 3.63) is 78.0 Å². The Hall–Kier alpha value is -3.73. The molecule has 0 saturated heterocycles. The molecule has 1 heterocycles. The van der Waals surface area contributed by atoms with E-state index in [0.717, 1.165) is 44.7 Å². The summed E-state index contributed by atoms with van der Waals surface area (Å²) in [6.07, 6.45) is 0. The minimum atomic E-state index is 0.610. The van der Waals surface area contributed by atoms with Crippen molar-refractivity contribution in [2.45, 2.75) is 13.5 Å². The zero-order chi connectivity index (χ0) is 21.8. The Morgan fingerprint density at radius 3 is 2.26 bits per heavy atom. The number of pyridine rings is 1. The fourth-order valence-corrected chi connectivity index (χ4v) is 3.82. The summed E-state index contributed by atoms with van der Waals surface area (Å²) in [6.45, 7) is 2.65. The average Bonchev–Trinajstić information content (AvgIpc) is 2.82. The van der Waals surface area contributed by atoms with Crippen LogP contribution in [0.4, 0.5) is 5.82 Å². The van der Waals surface area contributed by atoms with Crippen LogP contribution in [0.5, 0.6) is 17.2 Å². The lowest BCUT2D eigenvalue weighted by Gasteiger charge is -2.16. The van der Waals surface area contributed by atoms with Crippen LogP contribution in [0.1, 0.15) is 11.3 Å². The molecule has 0 aliphatic rings. The second-order valence-electron chi connectivity index (χ2n) is 7.24. The third kappa shape index (κ3) is 4.12. The van der Waals surface area contributed by atoms with Gasteiger partial charge in [-0.25, -0.2) is 4.98 Å². The van der Waals surface area contributed by atoms with Gasteiger partial charge in [0.1, 0.15) is 11.6 Å². The first-order valence-electron chi connectivity index (χ1n) is 10.1. The van der Waals surface area contributed by atoms with Crippen molar-refractivity contribution in [3.8, 4) is 28.4 Å². The first kappa shape index (κ1) is 20.5. The SMILES string of the molecule is COc1ccc2c(NCc3ccc(OC)c(OC)c3)nc(C)c(-c3ccccc3)c2c1. The van der Waals surface area contributed by atoms with Gasteiger partial charge >= 0.3 is 0 Å². The summed E-state index contributed by atoms with van der Waals surface area (Å²) in [5.41, 5.74) is 4.29. The maximum atomic E-state index is 5.50. The Morgan fingerprint density at radius 2 is 1.55 bits per heavy atom. The minimum absolute atomic E-state index is 0.610. The number of ether oxygens (including phenoxy) is 3. The zero-order valence-corrected chi connectivity index (χ0v) is 18.2. The van der Waals surface area contributed by atoms with Gasteiger partial charge in [0.25, 0.3) is 0 Å². The first-order chi connectivity index (χ1) is 15.1. The van der Waals surface area contributed by atoms with E-state index < -0.39 is 0 Å². The Morgan fingerprint density at radius 1 is 0.774 bits per heavy atom. The van der Waals surface area contributed by atoms with E-state index in [-0.39, 0.29) is 0 Å². The van der Waals surface area contributed by atoms with Gasteiger partial charge in [0.05, 0.1) is 21.3 Å². The van der Waals surface area contributed by atoms with Gasteiger partial charge in [0.2, 0.25) is 0 Å². The molecule has 5 nitrogen and oxygen atoms in total. The molecule has 1 N–H and O–H groups in total. The molecule has 4 rings (SSSR count). The van der Waals surface area contributed by atoms with E-state index in [1.165, 1.54) is 0 Å². The third-order valence-corrected chi connectivity index (χ3v) is 5.36. The number of aromatic nitrogens is 1. The molecule has 4 aromatic rings. The van der Waals surface area contributed by atoms with Crippen LogP contribution in [0.25, 0.3) is 21.9 Å². The van der Waals surface area contributed by atoms with Crippen LogP contribution in [0.15, 0.2) is 66.7 Å². The molecule has 0 saturated carbocycles. The van der Waals surface area contributed by atoms with Crippen LogP contribution in [0.2, 0.25) is 0 Å². The highest BCUT2D eigenvalue weighted by molar-refractivity contribution is 6.03. The summed E-state index contributed by atoms with van der Waals surface area (Å²) in [4.78, 5) is 4.92. The summed E-state index contributed by atoms with van der Waals surface area (Å²) < 4.78 is 16.3. The predicted molar refractivity (Wildman–Crippen MR) is 125 cm³/mol. The molecule has 0 amide bonds. The van der Waals surface area contributed by atoms with E-state index in [1.807, 2.05) is 49.4 Å². The lowest BCUT2D eigenvalue weighted by Crippen LogP contribution is -2.05. The van der Waals surface area contributed by atoms with Crippen LogP contribution in [0, 0.1) is 6.92 Å². The van der Waals surface area contributed by atoms with E-state index >= 15 is 0 Å². The normalized spacial score (nSPS) is 10.7. The van der Waals surface area contributed by atoms with Crippen molar-refractivity contribution in [2.75, 3.05) is 26.6 Å². The number of aryl methyl sites for hydroxylation is 1. The van der Waals surface area contributed by atoms with Crippen molar-refractivity contribution in [2.24, 2.45) is 0 Å². The van der Waals surface area contributed by atoms with Gasteiger partial charge in [-0.2, -0.15) is 0 Å². The number of fused-ring (bicyclic) bond motifs is 1. The number of rotatable bonds is 7. The van der Waals surface area contributed by atoms with E-state index in [4.69, 9.17) is 19.2 Å². The quantitative estimate of drug-likeness (QED) is 0.411. The number of hydrogen-bond acceptors (Lipinski definition) is 5. The number of benzene rings is 3. The van der Waals surface area contributed by atoms with Crippen LogP contribution in [0.3, 0.4) is 0 Å². The first-order valence-corrected chi connectivity index (χ1v) is 10.1. The van der Waals surface area contributed by atoms with E-state index in [1.54, 1.807) is 21.3 Å². The van der Waals surface area contributed by atoms with Gasteiger partial charge in [-0.1, -0.05) is 36.4 Å². The van der Waals surface area contributed by atoms with Crippen LogP contribution in [-0.4, -0.2) is 26.3 Å². The highest BCUT2D eigenvalue weighted by Crippen LogP contribution is 2.37. The van der Waals surface area contributed by atoms with Crippen LogP contribution in [-0.2, 0) is 6.54 Å². The summed E-state index contributed by atoms with van der Waals surface area (Å²) in [5, 5.41) is 5.65. The van der Waals surface area contributed by atoms with Crippen LogP contribution < -0.4 is 19.5 Å².